The summed E-state index contributed by atoms with van der Waals surface area (Å²) in [4.78, 5) is 33.2. The van der Waals surface area contributed by atoms with Crippen molar-refractivity contribution in [2.75, 3.05) is 11.5 Å². The maximum atomic E-state index is 13.5. The summed E-state index contributed by atoms with van der Waals surface area (Å²) < 4.78 is 12.2. The van der Waals surface area contributed by atoms with Crippen LogP contribution in [-0.4, -0.2) is 28.4 Å². The quantitative estimate of drug-likeness (QED) is 0.193. The summed E-state index contributed by atoms with van der Waals surface area (Å²) in [6.45, 7) is 6.69. The third kappa shape index (κ3) is 4.64. The molecule has 2 aromatic heterocycles. The first-order valence-corrected chi connectivity index (χ1v) is 13.2. The van der Waals surface area contributed by atoms with Crippen molar-refractivity contribution in [1.82, 2.24) is 4.98 Å². The monoisotopic (exact) mass is 516 g/mol. The first-order valence-electron chi connectivity index (χ1n) is 12.3. The maximum absolute atomic E-state index is 13.5. The van der Waals surface area contributed by atoms with Gasteiger partial charge in [0, 0.05) is 0 Å². The van der Waals surface area contributed by atoms with Gasteiger partial charge < -0.3 is 14.3 Å². The number of aryl methyl sites for hydroxylation is 2. The number of amides is 1. The summed E-state index contributed by atoms with van der Waals surface area (Å²) in [6, 6.07) is 13.6. The van der Waals surface area contributed by atoms with Crippen LogP contribution in [0.25, 0.3) is 10.2 Å². The number of carbonyl (C=O) groups is 2. The van der Waals surface area contributed by atoms with Crippen LogP contribution in [0.4, 0.5) is 5.13 Å². The molecule has 1 unspecified atom stereocenters. The van der Waals surface area contributed by atoms with Crippen molar-refractivity contribution in [1.29, 1.82) is 0 Å². The van der Waals surface area contributed by atoms with E-state index < -0.39 is 23.5 Å². The number of ketones is 1. The van der Waals surface area contributed by atoms with Gasteiger partial charge >= 0.3 is 0 Å². The van der Waals surface area contributed by atoms with Crippen molar-refractivity contribution < 1.29 is 23.8 Å². The van der Waals surface area contributed by atoms with E-state index in [1.54, 1.807) is 6.07 Å². The first kappa shape index (κ1) is 24.8. The summed E-state index contributed by atoms with van der Waals surface area (Å²) in [6.07, 6.45) is 4.48. The van der Waals surface area contributed by atoms with Crippen LogP contribution in [0.3, 0.4) is 0 Å². The number of anilines is 1. The molecule has 1 atom stereocenters. The maximum Gasteiger partial charge on any atom is 0.296 e. The van der Waals surface area contributed by atoms with Crippen LogP contribution in [-0.2, 0) is 4.79 Å². The van der Waals surface area contributed by atoms with E-state index in [2.05, 4.69) is 6.92 Å². The molecular formula is C29H28N2O5S. The Balaban J connectivity index is 1.61. The van der Waals surface area contributed by atoms with Crippen LogP contribution in [0.1, 0.15) is 59.5 Å². The van der Waals surface area contributed by atoms with Gasteiger partial charge in [-0.2, -0.15) is 0 Å². The largest absolute Gasteiger partial charge is 0.503 e. The van der Waals surface area contributed by atoms with Gasteiger partial charge in [0.15, 0.2) is 16.7 Å². The van der Waals surface area contributed by atoms with E-state index in [0.717, 1.165) is 40.6 Å². The molecule has 1 aliphatic heterocycles. The number of thiazole rings is 1. The number of hydrogen-bond donors (Lipinski definition) is 1. The Kier molecular flexibility index (Phi) is 6.84. The van der Waals surface area contributed by atoms with Crippen LogP contribution in [0.15, 0.2) is 70.5 Å². The second-order valence-electron chi connectivity index (χ2n) is 9.20. The van der Waals surface area contributed by atoms with Crippen LogP contribution in [0.2, 0.25) is 0 Å². The molecule has 0 spiro atoms. The average Bonchev–Trinajstić information content (AvgIpc) is 3.61. The molecule has 2 aromatic carbocycles. The van der Waals surface area contributed by atoms with Crippen molar-refractivity contribution in [3.63, 3.8) is 0 Å². The number of aromatic nitrogens is 1. The van der Waals surface area contributed by atoms with Gasteiger partial charge in [0.2, 0.25) is 5.78 Å². The topological polar surface area (TPSA) is 92.9 Å². The van der Waals surface area contributed by atoms with E-state index in [-0.39, 0.29) is 11.3 Å². The number of fused-ring (bicyclic) bond motifs is 1. The number of Topliss-reactive ketones (excluding diaryl/α,β-unsaturated/α-hetero) is 1. The van der Waals surface area contributed by atoms with E-state index in [1.807, 2.05) is 50.2 Å². The van der Waals surface area contributed by atoms with Crippen molar-refractivity contribution in [3.05, 3.63) is 88.6 Å². The Morgan fingerprint density at radius 1 is 1.16 bits per heavy atom. The lowest BCUT2D eigenvalue weighted by molar-refractivity contribution is -0.117. The molecule has 4 aromatic rings. The Morgan fingerprint density at radius 3 is 2.76 bits per heavy atom. The average molecular weight is 517 g/mol. The number of aliphatic hydroxyl groups is 1. The molecule has 0 bridgehead atoms. The number of aliphatic hydroxyl groups excluding tert-OH is 1. The molecule has 8 heteroatoms. The van der Waals surface area contributed by atoms with Crippen molar-refractivity contribution >= 4 is 38.4 Å². The first-order chi connectivity index (χ1) is 17.9. The zero-order chi connectivity index (χ0) is 26.1. The van der Waals surface area contributed by atoms with Crippen molar-refractivity contribution in [3.8, 4) is 5.75 Å². The fourth-order valence-corrected chi connectivity index (χ4v) is 5.84. The Bertz CT molecular complexity index is 1500. The van der Waals surface area contributed by atoms with Crippen LogP contribution >= 0.6 is 11.3 Å². The minimum absolute atomic E-state index is 0.0453. The fraction of sp³-hybridized carbons (Fsp3) is 0.276. The molecule has 7 nitrogen and oxygen atoms in total. The minimum atomic E-state index is -0.897. The number of carbonyl (C=O) groups excluding carboxylic acids is 2. The lowest BCUT2D eigenvalue weighted by Gasteiger charge is -2.24. The zero-order valence-corrected chi connectivity index (χ0v) is 21.8. The lowest BCUT2D eigenvalue weighted by Crippen LogP contribution is -2.31. The molecule has 5 rings (SSSR count). The van der Waals surface area contributed by atoms with Crippen LogP contribution in [0.5, 0.6) is 5.75 Å². The van der Waals surface area contributed by atoms with Gasteiger partial charge in [0.25, 0.3) is 5.91 Å². The number of ether oxygens (including phenoxy) is 1. The summed E-state index contributed by atoms with van der Waals surface area (Å²) in [5.41, 5.74) is 3.46. The molecule has 0 saturated heterocycles. The zero-order valence-electron chi connectivity index (χ0n) is 21.0. The van der Waals surface area contributed by atoms with Gasteiger partial charge in [-0.15, -0.1) is 0 Å². The number of rotatable bonds is 9. The molecule has 1 N–H and O–H groups in total. The highest BCUT2D eigenvalue weighted by Crippen LogP contribution is 2.45. The van der Waals surface area contributed by atoms with Crippen LogP contribution in [0, 0.1) is 13.8 Å². The molecule has 37 heavy (non-hydrogen) atoms. The summed E-state index contributed by atoms with van der Waals surface area (Å²) in [7, 11) is 0. The van der Waals surface area contributed by atoms with E-state index in [0.29, 0.717) is 23.1 Å². The standard InChI is InChI=1S/C29H28N2O5S/c1-4-5-6-12-35-20-10-7-9-19(16-20)25-23(26(32)21-11-8-13-36-21)27(33)28(34)31(25)29-30-24-18(3)14-17(2)15-22(24)37-29/h7-11,13-16,25,33H,4-6,12H2,1-3H3. The molecule has 190 valence electrons. The molecule has 1 amide bonds. The Labute approximate surface area is 219 Å². The number of hydrogen-bond acceptors (Lipinski definition) is 7. The summed E-state index contributed by atoms with van der Waals surface area (Å²) in [5.74, 6) is -1.15. The summed E-state index contributed by atoms with van der Waals surface area (Å²) in [5, 5.41) is 11.4. The van der Waals surface area contributed by atoms with E-state index in [9.17, 15) is 14.7 Å². The predicted octanol–water partition coefficient (Wildman–Crippen LogP) is 6.86. The highest BCUT2D eigenvalue weighted by Gasteiger charge is 2.46. The molecular weight excluding hydrogens is 488 g/mol. The fourth-order valence-electron chi connectivity index (χ4n) is 4.67. The van der Waals surface area contributed by atoms with Gasteiger partial charge in [-0.1, -0.05) is 49.3 Å². The van der Waals surface area contributed by atoms with Crippen LogP contribution < -0.4 is 9.64 Å². The van der Waals surface area contributed by atoms with Gasteiger partial charge in [-0.25, -0.2) is 4.98 Å². The highest BCUT2D eigenvalue weighted by atomic mass is 32.1. The SMILES string of the molecule is CCCCCOc1cccc(C2C(C(=O)c3ccco3)=C(O)C(=O)N2c2nc3c(C)cc(C)cc3s2)c1. The Morgan fingerprint density at radius 2 is 2.00 bits per heavy atom. The number of benzene rings is 2. The third-order valence-electron chi connectivity index (χ3n) is 6.41. The molecule has 3 heterocycles. The van der Waals surface area contributed by atoms with Crippen molar-refractivity contribution in [2.24, 2.45) is 0 Å². The van der Waals surface area contributed by atoms with Crippen molar-refractivity contribution in [2.45, 2.75) is 46.1 Å². The summed E-state index contributed by atoms with van der Waals surface area (Å²) >= 11 is 1.35. The normalized spacial score (nSPS) is 15.7. The number of furan rings is 1. The number of unbranched alkanes of at least 4 members (excludes halogenated alkanes) is 2. The molecule has 0 radical (unpaired) electrons. The van der Waals surface area contributed by atoms with E-state index >= 15 is 0 Å². The van der Waals surface area contributed by atoms with Gasteiger partial charge in [-0.05, 0) is 67.3 Å². The second-order valence-corrected chi connectivity index (χ2v) is 10.2. The predicted molar refractivity (Wildman–Crippen MR) is 143 cm³/mol. The second kappa shape index (κ2) is 10.2. The van der Waals surface area contributed by atoms with Gasteiger partial charge in [0.1, 0.15) is 5.75 Å². The van der Waals surface area contributed by atoms with Gasteiger partial charge in [0.05, 0.1) is 34.7 Å². The molecule has 0 fully saturated rings. The molecule has 0 saturated carbocycles. The lowest BCUT2D eigenvalue weighted by atomic mass is 9.95. The number of nitrogens with zero attached hydrogens (tertiary/aromatic N) is 2. The van der Waals surface area contributed by atoms with E-state index in [1.165, 1.54) is 28.6 Å². The minimum Gasteiger partial charge on any atom is -0.503 e. The Hall–Kier alpha value is -3.91. The third-order valence-corrected chi connectivity index (χ3v) is 7.41. The van der Waals surface area contributed by atoms with Gasteiger partial charge in [-0.3, -0.25) is 14.5 Å². The highest BCUT2D eigenvalue weighted by molar-refractivity contribution is 7.22. The molecule has 0 aliphatic carbocycles. The van der Waals surface area contributed by atoms with E-state index in [4.69, 9.17) is 14.1 Å². The molecule has 1 aliphatic rings. The smallest absolute Gasteiger partial charge is 0.296 e.